The summed E-state index contributed by atoms with van der Waals surface area (Å²) in [6.07, 6.45) is 5.28. The molecule has 0 saturated carbocycles. The van der Waals surface area contributed by atoms with Crippen molar-refractivity contribution in [2.24, 2.45) is 0 Å². The van der Waals surface area contributed by atoms with Gasteiger partial charge in [-0.05, 0) is 12.1 Å². The monoisotopic (exact) mass is 397 g/mol. The van der Waals surface area contributed by atoms with E-state index in [4.69, 9.17) is 14.2 Å². The number of hydrogen-bond acceptors (Lipinski definition) is 6. The van der Waals surface area contributed by atoms with Crippen molar-refractivity contribution in [1.82, 2.24) is 19.9 Å². The number of rotatable bonds is 8. The first-order valence-corrected chi connectivity index (χ1v) is 8.93. The number of carbonyl (C=O) groups excluding carboxylic acids is 1. The Morgan fingerprint density at radius 1 is 1.03 bits per heavy atom. The van der Waals surface area contributed by atoms with Crippen LogP contribution in [0.5, 0.6) is 17.2 Å². The Morgan fingerprint density at radius 3 is 2.41 bits per heavy atom. The second-order valence-electron chi connectivity index (χ2n) is 5.95. The fourth-order valence-electron chi connectivity index (χ4n) is 2.84. The van der Waals surface area contributed by atoms with E-state index in [9.17, 15) is 4.79 Å². The van der Waals surface area contributed by atoms with Crippen LogP contribution in [0.1, 0.15) is 0 Å². The molecule has 2 amide bonds. The minimum Gasteiger partial charge on any atom is -0.493 e. The molecule has 9 heteroatoms. The zero-order valence-electron chi connectivity index (χ0n) is 16.5. The number of anilines is 1. The molecule has 9 nitrogen and oxygen atoms in total. The van der Waals surface area contributed by atoms with Crippen LogP contribution in [0.15, 0.2) is 48.9 Å². The van der Waals surface area contributed by atoms with E-state index >= 15 is 0 Å². The number of imidazole rings is 1. The summed E-state index contributed by atoms with van der Waals surface area (Å²) in [5, 5.41) is 5.59. The third-order valence-corrected chi connectivity index (χ3v) is 4.17. The van der Waals surface area contributed by atoms with Gasteiger partial charge in [-0.15, -0.1) is 0 Å². The van der Waals surface area contributed by atoms with Gasteiger partial charge in [0.15, 0.2) is 17.3 Å². The van der Waals surface area contributed by atoms with Gasteiger partial charge in [-0.3, -0.25) is 4.98 Å². The van der Waals surface area contributed by atoms with Crippen molar-refractivity contribution in [3.63, 3.8) is 0 Å². The molecule has 0 aliphatic carbocycles. The summed E-state index contributed by atoms with van der Waals surface area (Å²) in [6.45, 7) is 0.959. The van der Waals surface area contributed by atoms with Gasteiger partial charge in [0.2, 0.25) is 5.75 Å². The summed E-state index contributed by atoms with van der Waals surface area (Å²) >= 11 is 0. The maximum atomic E-state index is 12.3. The van der Waals surface area contributed by atoms with Crippen LogP contribution in [0.25, 0.3) is 11.5 Å². The summed E-state index contributed by atoms with van der Waals surface area (Å²) in [4.78, 5) is 20.9. The topological polar surface area (TPSA) is 99.5 Å². The van der Waals surface area contributed by atoms with Gasteiger partial charge in [0.1, 0.15) is 5.69 Å². The zero-order chi connectivity index (χ0) is 20.6. The summed E-state index contributed by atoms with van der Waals surface area (Å²) in [6, 6.07) is 8.63. The predicted octanol–water partition coefficient (Wildman–Crippen LogP) is 2.79. The number of amides is 2. The van der Waals surface area contributed by atoms with Crippen LogP contribution in [-0.4, -0.2) is 48.4 Å². The highest BCUT2D eigenvalue weighted by atomic mass is 16.5. The van der Waals surface area contributed by atoms with Crippen molar-refractivity contribution < 1.29 is 19.0 Å². The average Bonchev–Trinajstić information content (AvgIpc) is 3.22. The second-order valence-corrected chi connectivity index (χ2v) is 5.95. The number of pyridine rings is 1. The number of aromatic nitrogens is 3. The van der Waals surface area contributed by atoms with Gasteiger partial charge < -0.3 is 29.4 Å². The molecule has 2 heterocycles. The van der Waals surface area contributed by atoms with E-state index in [1.54, 1.807) is 24.5 Å². The number of carbonyl (C=O) groups is 1. The molecule has 1 aromatic carbocycles. The molecule has 2 N–H and O–H groups in total. The van der Waals surface area contributed by atoms with E-state index in [2.05, 4.69) is 20.6 Å². The molecule has 0 aliphatic rings. The smallest absolute Gasteiger partial charge is 0.319 e. The average molecular weight is 397 g/mol. The van der Waals surface area contributed by atoms with Crippen molar-refractivity contribution in [3.05, 3.63) is 48.9 Å². The second kappa shape index (κ2) is 9.45. The van der Waals surface area contributed by atoms with Crippen molar-refractivity contribution in [3.8, 4) is 28.8 Å². The first kappa shape index (κ1) is 20.0. The zero-order valence-corrected chi connectivity index (χ0v) is 16.5. The van der Waals surface area contributed by atoms with E-state index in [0.29, 0.717) is 36.0 Å². The Hall–Kier alpha value is -3.75. The van der Waals surface area contributed by atoms with Crippen LogP contribution in [0.3, 0.4) is 0 Å². The lowest BCUT2D eigenvalue weighted by molar-refractivity contribution is 0.251. The lowest BCUT2D eigenvalue weighted by Crippen LogP contribution is -2.31. The van der Waals surface area contributed by atoms with Crippen LogP contribution >= 0.6 is 0 Å². The first-order chi connectivity index (χ1) is 14.2. The molecule has 3 aromatic rings. The lowest BCUT2D eigenvalue weighted by Gasteiger charge is -2.15. The van der Waals surface area contributed by atoms with E-state index in [1.807, 2.05) is 29.0 Å². The summed E-state index contributed by atoms with van der Waals surface area (Å²) in [5.41, 5.74) is 1.30. The molecule has 0 atom stereocenters. The number of nitrogens with one attached hydrogen (secondary N) is 2. The highest BCUT2D eigenvalue weighted by molar-refractivity contribution is 5.90. The highest BCUT2D eigenvalue weighted by Crippen LogP contribution is 2.39. The fraction of sp³-hybridized carbons (Fsp3) is 0.250. The van der Waals surface area contributed by atoms with Gasteiger partial charge in [0.25, 0.3) is 0 Å². The Labute approximate surface area is 168 Å². The highest BCUT2D eigenvalue weighted by Gasteiger charge is 2.14. The number of benzene rings is 1. The minimum atomic E-state index is -0.348. The fourth-order valence-corrected chi connectivity index (χ4v) is 2.84. The van der Waals surface area contributed by atoms with Crippen LogP contribution in [-0.2, 0) is 6.54 Å². The van der Waals surface area contributed by atoms with Gasteiger partial charge in [-0.25, -0.2) is 9.78 Å². The minimum absolute atomic E-state index is 0.348. The Kier molecular flexibility index (Phi) is 6.51. The Balaban J connectivity index is 1.60. The number of nitrogens with zero attached hydrogens (tertiary/aromatic N) is 3. The van der Waals surface area contributed by atoms with E-state index in [1.165, 1.54) is 21.3 Å². The van der Waals surface area contributed by atoms with Crippen molar-refractivity contribution >= 4 is 11.7 Å². The Bertz CT molecular complexity index is 934. The van der Waals surface area contributed by atoms with E-state index < -0.39 is 0 Å². The number of ether oxygens (including phenoxy) is 3. The number of urea groups is 1. The van der Waals surface area contributed by atoms with Crippen molar-refractivity contribution in [2.75, 3.05) is 33.2 Å². The molecule has 0 aliphatic heterocycles. The number of methoxy groups -OCH3 is 3. The molecule has 0 unspecified atom stereocenters. The molecule has 2 aromatic heterocycles. The quantitative estimate of drug-likeness (QED) is 0.606. The van der Waals surface area contributed by atoms with E-state index in [0.717, 1.165) is 11.5 Å². The maximum absolute atomic E-state index is 12.3. The molecule has 152 valence electrons. The largest absolute Gasteiger partial charge is 0.493 e. The summed E-state index contributed by atoms with van der Waals surface area (Å²) in [7, 11) is 4.56. The Morgan fingerprint density at radius 2 is 1.79 bits per heavy atom. The van der Waals surface area contributed by atoms with Crippen molar-refractivity contribution in [1.29, 1.82) is 0 Å². The summed E-state index contributed by atoms with van der Waals surface area (Å²) < 4.78 is 17.8. The van der Waals surface area contributed by atoms with Gasteiger partial charge in [-0.1, -0.05) is 6.07 Å². The van der Waals surface area contributed by atoms with Crippen LogP contribution in [0.4, 0.5) is 10.5 Å². The third kappa shape index (κ3) is 4.75. The summed E-state index contributed by atoms with van der Waals surface area (Å²) in [5.74, 6) is 2.13. The van der Waals surface area contributed by atoms with E-state index in [-0.39, 0.29) is 6.03 Å². The molecule has 0 fully saturated rings. The van der Waals surface area contributed by atoms with Gasteiger partial charge in [-0.2, -0.15) is 0 Å². The van der Waals surface area contributed by atoms with Crippen molar-refractivity contribution in [2.45, 2.75) is 6.54 Å². The first-order valence-electron chi connectivity index (χ1n) is 8.93. The standard InChI is InChI=1S/C20H23N5O4/c1-27-16-12-14(13-17(28-2)18(16)29-3)24-20(26)23-9-11-25-10-8-22-19(25)15-6-4-5-7-21-15/h4-8,10,12-13H,9,11H2,1-3H3,(H2,23,24,26). The van der Waals surface area contributed by atoms with Gasteiger partial charge in [0.05, 0.1) is 27.0 Å². The van der Waals surface area contributed by atoms with Crippen LogP contribution < -0.4 is 24.8 Å². The molecule has 0 radical (unpaired) electrons. The van der Waals surface area contributed by atoms with Crippen LogP contribution in [0, 0.1) is 0 Å². The predicted molar refractivity (Wildman–Crippen MR) is 109 cm³/mol. The number of hydrogen-bond donors (Lipinski definition) is 2. The van der Waals surface area contributed by atoms with Crippen LogP contribution in [0.2, 0.25) is 0 Å². The van der Waals surface area contributed by atoms with Gasteiger partial charge in [0, 0.05) is 43.8 Å². The maximum Gasteiger partial charge on any atom is 0.319 e. The molecular formula is C20H23N5O4. The molecule has 3 rings (SSSR count). The molecule has 29 heavy (non-hydrogen) atoms. The lowest BCUT2D eigenvalue weighted by atomic mass is 10.2. The SMILES string of the molecule is COc1cc(NC(=O)NCCn2ccnc2-c2ccccn2)cc(OC)c1OC. The normalized spacial score (nSPS) is 10.3. The molecule has 0 saturated heterocycles. The van der Waals surface area contributed by atoms with Gasteiger partial charge >= 0.3 is 6.03 Å². The third-order valence-electron chi connectivity index (χ3n) is 4.17. The molecule has 0 bridgehead atoms. The molecule has 0 spiro atoms. The molecular weight excluding hydrogens is 374 g/mol.